The Morgan fingerprint density at radius 1 is 1.45 bits per heavy atom. The van der Waals surface area contributed by atoms with Crippen LogP contribution in [-0.2, 0) is 0 Å². The van der Waals surface area contributed by atoms with Gasteiger partial charge in [0.25, 0.3) is 0 Å². The number of nitrogens with zero attached hydrogens (tertiary/aromatic N) is 3. The first-order chi connectivity index (χ1) is 5.36. The molecule has 0 aliphatic carbocycles. The van der Waals surface area contributed by atoms with E-state index in [0.717, 1.165) is 10.3 Å². The van der Waals surface area contributed by atoms with Gasteiger partial charge in [0.05, 0.1) is 6.20 Å². The van der Waals surface area contributed by atoms with Crippen molar-refractivity contribution in [2.75, 3.05) is 0 Å². The second-order valence-corrected chi connectivity index (χ2v) is 3.04. The van der Waals surface area contributed by atoms with Gasteiger partial charge in [0.2, 0.25) is 0 Å². The standard InChI is InChI=1S/C7H5BrN3/c8-6-2-4-11(5-6)7-1-3-9-10-7/h1-5H. The average molecular weight is 211 g/mol. The average Bonchev–Trinajstić information content (AvgIpc) is 2.55. The lowest BCUT2D eigenvalue weighted by Gasteiger charge is -1.94. The van der Waals surface area contributed by atoms with Gasteiger partial charge in [-0.05, 0) is 22.0 Å². The zero-order valence-corrected chi connectivity index (χ0v) is 7.19. The molecule has 1 aromatic heterocycles. The highest BCUT2D eigenvalue weighted by Gasteiger charge is 2.02. The number of hydrogen-bond acceptors (Lipinski definition) is 1. The molecule has 1 aliphatic rings. The fraction of sp³-hybridized carbons (Fsp3) is 0. The molecule has 0 bridgehead atoms. The predicted molar refractivity (Wildman–Crippen MR) is 46.2 cm³/mol. The topological polar surface area (TPSA) is 31.4 Å². The van der Waals surface area contributed by atoms with Gasteiger partial charge in [-0.2, -0.15) is 5.43 Å². The first-order valence-corrected chi connectivity index (χ1v) is 3.94. The predicted octanol–water partition coefficient (Wildman–Crippen LogP) is 1.54. The highest BCUT2D eigenvalue weighted by molar-refractivity contribution is 9.10. The minimum Gasteiger partial charge on any atom is -0.306 e. The summed E-state index contributed by atoms with van der Waals surface area (Å²) in [5.41, 5.74) is 3.72. The van der Waals surface area contributed by atoms with Crippen molar-refractivity contribution in [1.29, 1.82) is 0 Å². The van der Waals surface area contributed by atoms with E-state index in [1.165, 1.54) is 0 Å². The number of rotatable bonds is 0. The van der Waals surface area contributed by atoms with Gasteiger partial charge in [-0.15, -0.1) is 5.10 Å². The fourth-order valence-electron chi connectivity index (χ4n) is 0.876. The summed E-state index contributed by atoms with van der Waals surface area (Å²) in [6.45, 7) is 0. The van der Waals surface area contributed by atoms with Crippen LogP contribution in [0.1, 0.15) is 0 Å². The number of allylic oxidation sites excluding steroid dienone is 1. The summed E-state index contributed by atoms with van der Waals surface area (Å²) in [5.74, 6) is 0.843. The Kier molecular flexibility index (Phi) is 1.54. The monoisotopic (exact) mass is 210 g/mol. The first-order valence-electron chi connectivity index (χ1n) is 3.14. The lowest BCUT2D eigenvalue weighted by atomic mass is 10.5. The second-order valence-electron chi connectivity index (χ2n) is 2.13. The molecule has 0 fully saturated rings. The summed E-state index contributed by atoms with van der Waals surface area (Å²) in [6.07, 6.45) is 7.38. The summed E-state index contributed by atoms with van der Waals surface area (Å²) in [5, 5.41) is 3.89. The lowest BCUT2D eigenvalue weighted by molar-refractivity contribution is 0.955. The molecule has 3 nitrogen and oxygen atoms in total. The Morgan fingerprint density at radius 2 is 2.36 bits per heavy atom. The number of hydrogen-bond donors (Lipinski definition) is 0. The number of aromatic nitrogens is 1. The van der Waals surface area contributed by atoms with E-state index in [0.29, 0.717) is 0 Å². The molecule has 0 saturated carbocycles. The Bertz CT molecular complexity index is 324. The largest absolute Gasteiger partial charge is 0.306 e. The molecule has 0 aromatic carbocycles. The van der Waals surface area contributed by atoms with Gasteiger partial charge in [0.1, 0.15) is 0 Å². The third-order valence-electron chi connectivity index (χ3n) is 1.37. The zero-order chi connectivity index (χ0) is 7.68. The molecule has 2 rings (SSSR count). The smallest absolute Gasteiger partial charge is 0.160 e. The van der Waals surface area contributed by atoms with Crippen LogP contribution in [0.2, 0.25) is 0 Å². The minimum atomic E-state index is 0.843. The Morgan fingerprint density at radius 3 is 2.91 bits per heavy atom. The minimum absolute atomic E-state index is 0.843. The highest BCUT2D eigenvalue weighted by Crippen LogP contribution is 2.09. The van der Waals surface area contributed by atoms with E-state index in [1.807, 2.05) is 29.1 Å². The quantitative estimate of drug-likeness (QED) is 0.623. The molecule has 0 unspecified atom stereocenters. The molecule has 0 spiro atoms. The van der Waals surface area contributed by atoms with Crippen molar-refractivity contribution in [3.8, 4) is 0 Å². The van der Waals surface area contributed by atoms with Gasteiger partial charge in [0, 0.05) is 22.9 Å². The van der Waals surface area contributed by atoms with Crippen LogP contribution in [0.15, 0.2) is 40.3 Å². The summed E-state index contributed by atoms with van der Waals surface area (Å²) in [6, 6.07) is 1.95. The summed E-state index contributed by atoms with van der Waals surface area (Å²) < 4.78 is 2.94. The van der Waals surface area contributed by atoms with Gasteiger partial charge in [0.15, 0.2) is 5.84 Å². The normalized spacial score (nSPS) is 14.8. The maximum atomic E-state index is 3.89. The van der Waals surface area contributed by atoms with Gasteiger partial charge in [-0.3, -0.25) is 0 Å². The number of halogens is 1. The molecular formula is C7H5BrN3. The van der Waals surface area contributed by atoms with Gasteiger partial charge >= 0.3 is 0 Å². The van der Waals surface area contributed by atoms with Crippen molar-refractivity contribution in [1.82, 2.24) is 9.99 Å². The van der Waals surface area contributed by atoms with Crippen molar-refractivity contribution in [3.63, 3.8) is 0 Å². The van der Waals surface area contributed by atoms with E-state index in [2.05, 4.69) is 26.5 Å². The van der Waals surface area contributed by atoms with Gasteiger partial charge in [-0.25, -0.2) is 0 Å². The molecular weight excluding hydrogens is 206 g/mol. The van der Waals surface area contributed by atoms with E-state index in [9.17, 15) is 0 Å². The molecule has 55 valence electrons. The Hall–Kier alpha value is -1.03. The highest BCUT2D eigenvalue weighted by atomic mass is 79.9. The van der Waals surface area contributed by atoms with Crippen LogP contribution in [0.4, 0.5) is 0 Å². The van der Waals surface area contributed by atoms with E-state index >= 15 is 0 Å². The molecule has 2 heterocycles. The van der Waals surface area contributed by atoms with Crippen molar-refractivity contribution < 1.29 is 0 Å². The Balaban J connectivity index is 2.36. The van der Waals surface area contributed by atoms with E-state index in [1.54, 1.807) is 6.20 Å². The molecule has 1 radical (unpaired) electrons. The first kappa shape index (κ1) is 6.67. The lowest BCUT2D eigenvalue weighted by Crippen LogP contribution is -2.03. The van der Waals surface area contributed by atoms with Crippen molar-refractivity contribution in [3.05, 3.63) is 35.2 Å². The summed E-state index contributed by atoms with van der Waals surface area (Å²) in [4.78, 5) is 0. The second kappa shape index (κ2) is 2.54. The van der Waals surface area contributed by atoms with Gasteiger partial charge < -0.3 is 4.57 Å². The third kappa shape index (κ3) is 1.21. The molecule has 0 atom stereocenters. The van der Waals surface area contributed by atoms with E-state index in [-0.39, 0.29) is 0 Å². The van der Waals surface area contributed by atoms with Crippen LogP contribution in [0.3, 0.4) is 0 Å². The molecule has 11 heavy (non-hydrogen) atoms. The van der Waals surface area contributed by atoms with Gasteiger partial charge in [-0.1, -0.05) is 0 Å². The molecule has 0 amide bonds. The molecule has 0 N–H and O–H groups in total. The van der Waals surface area contributed by atoms with Crippen LogP contribution in [-0.4, -0.2) is 10.4 Å². The molecule has 0 saturated heterocycles. The van der Waals surface area contributed by atoms with Crippen molar-refractivity contribution in [2.45, 2.75) is 0 Å². The molecule has 1 aliphatic heterocycles. The molecule has 1 aromatic rings. The third-order valence-corrected chi connectivity index (χ3v) is 1.84. The van der Waals surface area contributed by atoms with Crippen molar-refractivity contribution >= 4 is 21.8 Å². The summed E-state index contributed by atoms with van der Waals surface area (Å²) in [7, 11) is 0. The van der Waals surface area contributed by atoms with Crippen LogP contribution in [0, 0.1) is 0 Å². The maximum absolute atomic E-state index is 3.89. The van der Waals surface area contributed by atoms with Crippen LogP contribution < -0.4 is 5.43 Å². The van der Waals surface area contributed by atoms with Crippen molar-refractivity contribution in [2.24, 2.45) is 5.10 Å². The SMILES string of the molecule is Brc1ccn(C2=N[N]C=C2)c1. The molecule has 4 heteroatoms. The van der Waals surface area contributed by atoms with Crippen LogP contribution >= 0.6 is 15.9 Å². The van der Waals surface area contributed by atoms with E-state index in [4.69, 9.17) is 0 Å². The van der Waals surface area contributed by atoms with E-state index < -0.39 is 0 Å². The zero-order valence-electron chi connectivity index (χ0n) is 5.61. The summed E-state index contributed by atoms with van der Waals surface area (Å²) >= 11 is 3.35. The Labute approximate surface area is 72.5 Å². The van der Waals surface area contributed by atoms with Crippen LogP contribution in [0.25, 0.3) is 0 Å². The maximum Gasteiger partial charge on any atom is 0.160 e. The fourth-order valence-corrected chi connectivity index (χ4v) is 1.22. The van der Waals surface area contributed by atoms with Crippen LogP contribution in [0.5, 0.6) is 0 Å².